The van der Waals surface area contributed by atoms with Crippen LogP contribution in [0.25, 0.3) is 0 Å². The maximum Gasteiger partial charge on any atom is 0.251 e. The highest BCUT2D eigenvalue weighted by molar-refractivity contribution is 14.1. The summed E-state index contributed by atoms with van der Waals surface area (Å²) >= 11 is 8.28. The normalized spacial score (nSPS) is 16.1. The van der Waals surface area contributed by atoms with Gasteiger partial charge in [-0.05, 0) is 71.3 Å². The molecule has 3 nitrogen and oxygen atoms in total. The van der Waals surface area contributed by atoms with Crippen LogP contribution in [-0.4, -0.2) is 29.9 Å². The van der Waals surface area contributed by atoms with E-state index >= 15 is 0 Å². The highest BCUT2D eigenvalue weighted by Gasteiger charge is 2.21. The van der Waals surface area contributed by atoms with Gasteiger partial charge in [-0.2, -0.15) is 0 Å². The predicted octanol–water partition coefficient (Wildman–Crippen LogP) is 4.34. The fourth-order valence-electron chi connectivity index (χ4n) is 2.98. The van der Waals surface area contributed by atoms with Crippen molar-refractivity contribution in [3.8, 4) is 0 Å². The van der Waals surface area contributed by atoms with Crippen molar-refractivity contribution >= 4 is 40.1 Å². The van der Waals surface area contributed by atoms with Gasteiger partial charge in [0.15, 0.2) is 0 Å². The summed E-state index contributed by atoms with van der Waals surface area (Å²) in [6.07, 6.45) is 1.97. The smallest absolute Gasteiger partial charge is 0.251 e. The van der Waals surface area contributed by atoms with E-state index in [0.29, 0.717) is 10.6 Å². The topological polar surface area (TPSA) is 32.3 Å². The zero-order chi connectivity index (χ0) is 16.9. The molecule has 1 fully saturated rings. The molecule has 3 rings (SSSR count). The van der Waals surface area contributed by atoms with Crippen LogP contribution < -0.4 is 5.32 Å². The molecular weight excluding hydrogens is 435 g/mol. The van der Waals surface area contributed by atoms with E-state index in [1.165, 1.54) is 9.13 Å². The summed E-state index contributed by atoms with van der Waals surface area (Å²) in [4.78, 5) is 14.7. The second-order valence-corrected chi connectivity index (χ2v) is 7.84. The summed E-state index contributed by atoms with van der Waals surface area (Å²) in [5, 5.41) is 3.72. The molecule has 0 unspecified atom stereocenters. The zero-order valence-corrected chi connectivity index (χ0v) is 16.3. The summed E-state index contributed by atoms with van der Waals surface area (Å²) in [6, 6.07) is 16.0. The van der Waals surface area contributed by atoms with E-state index in [1.807, 2.05) is 0 Å². The van der Waals surface area contributed by atoms with Gasteiger partial charge in [-0.1, -0.05) is 29.8 Å². The minimum atomic E-state index is -0.0337. The van der Waals surface area contributed by atoms with Crippen LogP contribution in [0.1, 0.15) is 28.8 Å². The summed E-state index contributed by atoms with van der Waals surface area (Å²) in [6.45, 7) is 2.99. The van der Waals surface area contributed by atoms with E-state index in [1.54, 1.807) is 24.3 Å². The lowest BCUT2D eigenvalue weighted by Gasteiger charge is -2.32. The first kappa shape index (κ1) is 17.7. The van der Waals surface area contributed by atoms with Gasteiger partial charge in [0.25, 0.3) is 5.91 Å². The third-order valence-corrected chi connectivity index (χ3v) is 5.28. The average molecular weight is 455 g/mol. The Balaban J connectivity index is 1.48. The molecule has 1 amide bonds. The van der Waals surface area contributed by atoms with E-state index < -0.39 is 0 Å². The lowest BCUT2D eigenvalue weighted by atomic mass is 10.0. The minimum absolute atomic E-state index is 0.0337. The molecule has 0 atom stereocenters. The van der Waals surface area contributed by atoms with Gasteiger partial charge in [0.2, 0.25) is 0 Å². The summed E-state index contributed by atoms with van der Waals surface area (Å²) < 4.78 is 1.26. The highest BCUT2D eigenvalue weighted by atomic mass is 127. The summed E-state index contributed by atoms with van der Waals surface area (Å²) in [7, 11) is 0. The summed E-state index contributed by atoms with van der Waals surface area (Å²) in [5.74, 6) is -0.0337. The highest BCUT2D eigenvalue weighted by Crippen LogP contribution is 2.16. The van der Waals surface area contributed by atoms with Crippen LogP contribution in [0.3, 0.4) is 0 Å². The Morgan fingerprint density at radius 3 is 2.54 bits per heavy atom. The number of carbonyl (C=O) groups is 1. The van der Waals surface area contributed by atoms with E-state index in [9.17, 15) is 4.79 Å². The molecule has 0 aromatic heterocycles. The molecule has 1 aliphatic heterocycles. The third-order valence-electron chi connectivity index (χ3n) is 4.33. The molecule has 2 aromatic rings. The standard InChI is InChI=1S/C19H20ClIN2O/c20-16-3-1-2-15(12-16)19(24)22-18-8-10-23(11-9-18)13-14-4-6-17(21)7-5-14/h1-7,12,18H,8-11,13H2,(H,22,24). The van der Waals surface area contributed by atoms with E-state index in [-0.39, 0.29) is 11.9 Å². The fourth-order valence-corrected chi connectivity index (χ4v) is 3.53. The Hall–Kier alpha value is -1.11. The van der Waals surface area contributed by atoms with Crippen LogP contribution in [0.5, 0.6) is 0 Å². The molecule has 0 aliphatic carbocycles. The molecule has 1 heterocycles. The van der Waals surface area contributed by atoms with Gasteiger partial charge in [0.05, 0.1) is 0 Å². The first-order valence-corrected chi connectivity index (χ1v) is 9.59. The Morgan fingerprint density at radius 1 is 1.17 bits per heavy atom. The number of nitrogens with zero attached hydrogens (tertiary/aromatic N) is 1. The number of likely N-dealkylation sites (tertiary alicyclic amines) is 1. The molecular formula is C19H20ClIN2O. The SMILES string of the molecule is O=C(NC1CCN(Cc2ccc(I)cc2)CC1)c1cccc(Cl)c1. The number of hydrogen-bond acceptors (Lipinski definition) is 2. The summed E-state index contributed by atoms with van der Waals surface area (Å²) in [5.41, 5.74) is 1.97. The van der Waals surface area contributed by atoms with Gasteiger partial charge in [0.1, 0.15) is 0 Å². The zero-order valence-electron chi connectivity index (χ0n) is 13.3. The first-order chi connectivity index (χ1) is 11.6. The molecule has 0 bridgehead atoms. The van der Waals surface area contributed by atoms with Gasteiger partial charge in [-0.15, -0.1) is 0 Å². The fraction of sp³-hybridized carbons (Fsp3) is 0.316. The average Bonchev–Trinajstić information content (AvgIpc) is 2.59. The van der Waals surface area contributed by atoms with Gasteiger partial charge < -0.3 is 5.32 Å². The molecule has 1 N–H and O–H groups in total. The predicted molar refractivity (Wildman–Crippen MR) is 106 cm³/mol. The van der Waals surface area contributed by atoms with Crippen LogP contribution >= 0.6 is 34.2 Å². The number of nitrogens with one attached hydrogen (secondary N) is 1. The van der Waals surface area contributed by atoms with Crippen molar-refractivity contribution in [3.05, 3.63) is 68.3 Å². The van der Waals surface area contributed by atoms with E-state index in [2.05, 4.69) is 57.1 Å². The Labute approximate surface area is 161 Å². The monoisotopic (exact) mass is 454 g/mol. The molecule has 1 saturated heterocycles. The van der Waals surface area contributed by atoms with Crippen molar-refractivity contribution in [1.82, 2.24) is 10.2 Å². The molecule has 5 heteroatoms. The van der Waals surface area contributed by atoms with Gasteiger partial charge in [0, 0.05) is 39.8 Å². The van der Waals surface area contributed by atoms with E-state index in [4.69, 9.17) is 11.6 Å². The number of hydrogen-bond donors (Lipinski definition) is 1. The van der Waals surface area contributed by atoms with E-state index in [0.717, 1.165) is 32.5 Å². The quantitative estimate of drug-likeness (QED) is 0.697. The van der Waals surface area contributed by atoms with Gasteiger partial charge in [-0.3, -0.25) is 9.69 Å². The van der Waals surface area contributed by atoms with Crippen LogP contribution in [0.4, 0.5) is 0 Å². The van der Waals surface area contributed by atoms with Crippen molar-refractivity contribution in [2.24, 2.45) is 0 Å². The van der Waals surface area contributed by atoms with Gasteiger partial charge in [-0.25, -0.2) is 0 Å². The lowest BCUT2D eigenvalue weighted by Crippen LogP contribution is -2.44. The van der Waals surface area contributed by atoms with Crippen LogP contribution in [0.15, 0.2) is 48.5 Å². The number of amides is 1. The number of carbonyl (C=O) groups excluding carboxylic acids is 1. The second-order valence-electron chi connectivity index (χ2n) is 6.16. The van der Waals surface area contributed by atoms with Crippen molar-refractivity contribution in [3.63, 3.8) is 0 Å². The minimum Gasteiger partial charge on any atom is -0.349 e. The number of piperidine rings is 1. The van der Waals surface area contributed by atoms with Crippen LogP contribution in [0.2, 0.25) is 5.02 Å². The van der Waals surface area contributed by atoms with Crippen molar-refractivity contribution < 1.29 is 4.79 Å². The third kappa shape index (κ3) is 4.94. The molecule has 0 spiro atoms. The molecule has 1 aliphatic rings. The Kier molecular flexibility index (Phi) is 6.14. The maximum atomic E-state index is 12.3. The van der Waals surface area contributed by atoms with Crippen molar-refractivity contribution in [1.29, 1.82) is 0 Å². The van der Waals surface area contributed by atoms with Crippen LogP contribution in [0, 0.1) is 3.57 Å². The first-order valence-electron chi connectivity index (χ1n) is 8.13. The molecule has 126 valence electrons. The van der Waals surface area contributed by atoms with Crippen molar-refractivity contribution in [2.45, 2.75) is 25.4 Å². The largest absolute Gasteiger partial charge is 0.349 e. The molecule has 2 aromatic carbocycles. The second kappa shape index (κ2) is 8.32. The molecule has 0 saturated carbocycles. The van der Waals surface area contributed by atoms with Crippen LogP contribution in [-0.2, 0) is 6.54 Å². The maximum absolute atomic E-state index is 12.3. The van der Waals surface area contributed by atoms with Crippen molar-refractivity contribution in [2.75, 3.05) is 13.1 Å². The molecule has 24 heavy (non-hydrogen) atoms. The van der Waals surface area contributed by atoms with Gasteiger partial charge >= 0.3 is 0 Å². The Morgan fingerprint density at radius 2 is 1.88 bits per heavy atom. The molecule has 0 radical (unpaired) electrons. The number of halogens is 2. The number of rotatable bonds is 4. The number of benzene rings is 2. The Bertz CT molecular complexity index is 697. The lowest BCUT2D eigenvalue weighted by molar-refractivity contribution is 0.0909.